The summed E-state index contributed by atoms with van der Waals surface area (Å²) in [4.78, 5) is 10.1. The number of carboxylic acids is 1. The van der Waals surface area contributed by atoms with Crippen molar-refractivity contribution < 1.29 is 9.90 Å². The van der Waals surface area contributed by atoms with Gasteiger partial charge in [-0.1, -0.05) is 0 Å². The predicted molar refractivity (Wildman–Crippen MR) is 30.2 cm³/mol. The number of hydrogen-bond donors (Lipinski definition) is 1. The van der Waals surface area contributed by atoms with Gasteiger partial charge in [-0.05, 0) is 0 Å². The molecule has 0 spiro atoms. The fraction of sp³-hybridized carbons (Fsp3) is 0.500. The molecular formula is C4H5InNO2. The minimum absolute atomic E-state index is 0.422. The summed E-state index contributed by atoms with van der Waals surface area (Å²) >= 11 is -0.721. The average molecular weight is 214 g/mol. The molecule has 41 valence electrons. The Hall–Kier alpha value is 0.0101. The SMILES string of the molecule is O=C(O)C1=[N][In][CH2]C1. The van der Waals surface area contributed by atoms with Gasteiger partial charge in [0, 0.05) is 0 Å². The molecule has 0 bridgehead atoms. The number of carbonyl (C=O) groups is 1. The summed E-state index contributed by atoms with van der Waals surface area (Å²) in [5, 5.41) is 8.31. The van der Waals surface area contributed by atoms with Gasteiger partial charge in [0.15, 0.2) is 0 Å². The van der Waals surface area contributed by atoms with Crippen LogP contribution in [0.2, 0.25) is 4.18 Å². The fourth-order valence-corrected chi connectivity index (χ4v) is 3.43. The van der Waals surface area contributed by atoms with Gasteiger partial charge < -0.3 is 0 Å². The Kier molecular flexibility index (Phi) is 1.94. The summed E-state index contributed by atoms with van der Waals surface area (Å²) in [5.41, 5.74) is 0.422. The number of rotatable bonds is 1. The first-order valence-electron chi connectivity index (χ1n) is 2.42. The Morgan fingerprint density at radius 3 is 2.88 bits per heavy atom. The van der Waals surface area contributed by atoms with E-state index in [9.17, 15) is 4.79 Å². The van der Waals surface area contributed by atoms with E-state index in [-0.39, 0.29) is 0 Å². The van der Waals surface area contributed by atoms with Gasteiger partial charge in [0.25, 0.3) is 0 Å². The molecule has 0 unspecified atom stereocenters. The van der Waals surface area contributed by atoms with Crippen LogP contribution in [0.1, 0.15) is 6.42 Å². The molecule has 4 heteroatoms. The first-order valence-corrected chi connectivity index (χ1v) is 6.23. The number of aliphatic carboxylic acids is 1. The Balaban J connectivity index is 2.57. The van der Waals surface area contributed by atoms with Gasteiger partial charge in [-0.3, -0.25) is 0 Å². The van der Waals surface area contributed by atoms with Crippen molar-refractivity contribution in [2.45, 2.75) is 10.6 Å². The first-order chi connectivity index (χ1) is 3.80. The molecule has 1 aliphatic rings. The second-order valence-electron chi connectivity index (χ2n) is 1.60. The zero-order chi connectivity index (χ0) is 5.98. The van der Waals surface area contributed by atoms with Gasteiger partial charge in [-0.2, -0.15) is 0 Å². The monoisotopic (exact) mass is 214 g/mol. The van der Waals surface area contributed by atoms with E-state index in [1.807, 2.05) is 0 Å². The van der Waals surface area contributed by atoms with Crippen molar-refractivity contribution in [3.8, 4) is 0 Å². The summed E-state index contributed by atoms with van der Waals surface area (Å²) in [6.07, 6.45) is 0.733. The van der Waals surface area contributed by atoms with Crippen LogP contribution < -0.4 is 0 Å². The molecule has 0 saturated carbocycles. The van der Waals surface area contributed by atoms with E-state index >= 15 is 0 Å². The zero-order valence-electron chi connectivity index (χ0n) is 4.29. The van der Waals surface area contributed by atoms with Crippen molar-refractivity contribution in [1.82, 2.24) is 0 Å². The molecule has 8 heavy (non-hydrogen) atoms. The number of nitrogens with zero attached hydrogens (tertiary/aromatic N) is 1. The maximum absolute atomic E-state index is 10.1. The Bertz CT molecular complexity index is 143. The van der Waals surface area contributed by atoms with Crippen LogP contribution in [-0.4, -0.2) is 40.0 Å². The molecule has 0 aliphatic carbocycles. The molecule has 3 nitrogen and oxygen atoms in total. The molecule has 0 aromatic carbocycles. The van der Waals surface area contributed by atoms with Crippen LogP contribution in [0.15, 0.2) is 2.98 Å². The number of hydrogen-bond acceptors (Lipinski definition) is 2. The Morgan fingerprint density at radius 2 is 2.62 bits per heavy atom. The predicted octanol–water partition coefficient (Wildman–Crippen LogP) is -0.0468. The van der Waals surface area contributed by atoms with E-state index < -0.39 is 29.2 Å². The normalized spacial score (nSPS) is 17.2. The van der Waals surface area contributed by atoms with Crippen LogP contribution in [0, 0.1) is 0 Å². The molecule has 1 N–H and O–H groups in total. The number of carboxylic acid groups (broad SMARTS) is 1. The van der Waals surface area contributed by atoms with Gasteiger partial charge in [0.1, 0.15) is 0 Å². The molecule has 0 aromatic rings. The van der Waals surface area contributed by atoms with Gasteiger partial charge in [0.2, 0.25) is 0 Å². The summed E-state index contributed by atoms with van der Waals surface area (Å²) < 4.78 is 5.04. The quantitative estimate of drug-likeness (QED) is 0.665. The van der Waals surface area contributed by atoms with E-state index in [1.165, 1.54) is 0 Å². The van der Waals surface area contributed by atoms with Crippen LogP contribution in [0.25, 0.3) is 0 Å². The van der Waals surface area contributed by atoms with Crippen LogP contribution in [-0.2, 0) is 4.79 Å². The van der Waals surface area contributed by atoms with E-state index in [0.717, 1.165) is 10.6 Å². The minimum atomic E-state index is -0.811. The van der Waals surface area contributed by atoms with Gasteiger partial charge >= 0.3 is 58.4 Å². The molecule has 1 heterocycles. The van der Waals surface area contributed by atoms with Gasteiger partial charge in [0.05, 0.1) is 0 Å². The van der Waals surface area contributed by atoms with E-state index in [0.29, 0.717) is 5.71 Å². The van der Waals surface area contributed by atoms with Crippen molar-refractivity contribution in [3.05, 3.63) is 0 Å². The molecule has 0 saturated heterocycles. The molecule has 1 radical (unpaired) electrons. The molecule has 0 aromatic heterocycles. The second kappa shape index (κ2) is 2.53. The average Bonchev–Trinajstić information content (AvgIpc) is 2.12. The van der Waals surface area contributed by atoms with Crippen LogP contribution >= 0.6 is 0 Å². The van der Waals surface area contributed by atoms with Crippen molar-refractivity contribution >= 4 is 34.9 Å². The third-order valence-corrected chi connectivity index (χ3v) is 3.98. The third-order valence-electron chi connectivity index (χ3n) is 1.00. The first kappa shape index (κ1) is 6.13. The van der Waals surface area contributed by atoms with E-state index in [4.69, 9.17) is 5.11 Å². The molecule has 0 fully saturated rings. The molecule has 1 aliphatic heterocycles. The molecule has 1 rings (SSSR count). The van der Waals surface area contributed by atoms with Crippen molar-refractivity contribution in [3.63, 3.8) is 0 Å². The van der Waals surface area contributed by atoms with Crippen LogP contribution in [0.3, 0.4) is 0 Å². The third kappa shape index (κ3) is 1.24. The van der Waals surface area contributed by atoms with Crippen molar-refractivity contribution in [2.24, 2.45) is 2.98 Å². The standard InChI is InChI=1S/C4H5NO2.In/c1-2-3(5)4(6)7;/h1-2H2,(H,6,7);/q-1;+1. The zero-order valence-corrected chi connectivity index (χ0v) is 7.59. The van der Waals surface area contributed by atoms with E-state index in [2.05, 4.69) is 2.98 Å². The summed E-state index contributed by atoms with van der Waals surface area (Å²) in [6.45, 7) is 0. The summed E-state index contributed by atoms with van der Waals surface area (Å²) in [6, 6.07) is 0. The summed E-state index contributed by atoms with van der Waals surface area (Å²) in [5.74, 6) is -0.811. The second-order valence-corrected chi connectivity index (χ2v) is 5.03. The molecule has 0 amide bonds. The van der Waals surface area contributed by atoms with Crippen LogP contribution in [0.4, 0.5) is 0 Å². The summed E-state index contributed by atoms with van der Waals surface area (Å²) in [7, 11) is 0. The van der Waals surface area contributed by atoms with Crippen molar-refractivity contribution in [1.29, 1.82) is 0 Å². The Labute approximate surface area is 58.6 Å². The van der Waals surface area contributed by atoms with Crippen LogP contribution in [0.5, 0.6) is 0 Å². The van der Waals surface area contributed by atoms with Gasteiger partial charge in [-0.25, -0.2) is 0 Å². The molecular weight excluding hydrogens is 209 g/mol. The maximum atomic E-state index is 10.1. The van der Waals surface area contributed by atoms with Gasteiger partial charge in [-0.15, -0.1) is 0 Å². The van der Waals surface area contributed by atoms with E-state index in [1.54, 1.807) is 0 Å². The Morgan fingerprint density at radius 1 is 1.88 bits per heavy atom. The topological polar surface area (TPSA) is 49.7 Å². The molecule has 0 atom stereocenters. The fourth-order valence-electron chi connectivity index (χ4n) is 0.603. The van der Waals surface area contributed by atoms with Crippen molar-refractivity contribution in [2.75, 3.05) is 0 Å².